The zero-order valence-corrected chi connectivity index (χ0v) is 17.2. The van der Waals surface area contributed by atoms with Crippen LogP contribution >= 0.6 is 15.9 Å². The largest absolute Gasteiger partial charge is 0.373 e. The van der Waals surface area contributed by atoms with E-state index in [1.807, 2.05) is 29.2 Å². The molecule has 0 atom stereocenters. The van der Waals surface area contributed by atoms with Crippen molar-refractivity contribution in [2.75, 3.05) is 26.2 Å². The third kappa shape index (κ3) is 4.98. The van der Waals surface area contributed by atoms with Crippen LogP contribution in [0.3, 0.4) is 0 Å². The van der Waals surface area contributed by atoms with Gasteiger partial charge in [-0.15, -0.1) is 0 Å². The van der Waals surface area contributed by atoms with Gasteiger partial charge in [0, 0.05) is 43.4 Å². The highest BCUT2D eigenvalue weighted by Crippen LogP contribution is 2.22. The van der Waals surface area contributed by atoms with Crippen LogP contribution < -0.4 is 0 Å². The number of allylic oxidation sites excluding steroid dienone is 1. The first-order valence-electron chi connectivity index (χ1n) is 8.62. The number of hydrogen-bond acceptors (Lipinski definition) is 5. The van der Waals surface area contributed by atoms with Crippen LogP contribution in [-0.2, 0) is 16.4 Å². The van der Waals surface area contributed by atoms with Crippen molar-refractivity contribution in [3.8, 4) is 6.07 Å². The molecular weight excluding hydrogens is 426 g/mol. The van der Waals surface area contributed by atoms with E-state index in [4.69, 9.17) is 0 Å². The smallest absolute Gasteiger partial charge is 0.218 e. The summed E-state index contributed by atoms with van der Waals surface area (Å²) in [6, 6.07) is 18.4. The van der Waals surface area contributed by atoms with Gasteiger partial charge in [0.05, 0.1) is 4.90 Å². The molecule has 0 aliphatic carbocycles. The molecule has 1 aliphatic rings. The van der Waals surface area contributed by atoms with Crippen LogP contribution in [0.4, 0.5) is 0 Å². The van der Waals surface area contributed by atoms with Crippen LogP contribution in [0.2, 0.25) is 0 Å². The Labute approximate surface area is 168 Å². The van der Waals surface area contributed by atoms with E-state index in [9.17, 15) is 13.7 Å². The van der Waals surface area contributed by atoms with E-state index in [1.54, 1.807) is 12.1 Å². The summed E-state index contributed by atoms with van der Waals surface area (Å²) in [6.07, 6.45) is 1.48. The molecule has 3 rings (SSSR count). The van der Waals surface area contributed by atoms with Crippen molar-refractivity contribution in [1.82, 2.24) is 9.80 Å². The highest BCUT2D eigenvalue weighted by atomic mass is 79.9. The summed E-state index contributed by atoms with van der Waals surface area (Å²) < 4.78 is 26.2. The Kier molecular flexibility index (Phi) is 6.32. The van der Waals surface area contributed by atoms with Crippen molar-refractivity contribution in [1.29, 1.82) is 5.26 Å². The van der Waals surface area contributed by atoms with Crippen LogP contribution in [0.5, 0.6) is 0 Å². The molecule has 0 bridgehead atoms. The second kappa shape index (κ2) is 8.70. The Morgan fingerprint density at radius 3 is 2.26 bits per heavy atom. The number of sulfone groups is 1. The summed E-state index contributed by atoms with van der Waals surface area (Å²) in [5.41, 5.74) is 1.26. The van der Waals surface area contributed by atoms with Gasteiger partial charge < -0.3 is 4.90 Å². The van der Waals surface area contributed by atoms with Gasteiger partial charge in [-0.25, -0.2) is 8.42 Å². The van der Waals surface area contributed by atoms with Gasteiger partial charge in [0.15, 0.2) is 4.91 Å². The van der Waals surface area contributed by atoms with Gasteiger partial charge in [-0.05, 0) is 29.8 Å². The Morgan fingerprint density at radius 1 is 1.04 bits per heavy atom. The summed E-state index contributed by atoms with van der Waals surface area (Å²) in [5.74, 6) is 0. The fraction of sp³-hybridized carbons (Fsp3) is 0.250. The minimum absolute atomic E-state index is 0.126. The lowest BCUT2D eigenvalue weighted by Crippen LogP contribution is -2.43. The van der Waals surface area contributed by atoms with E-state index >= 15 is 0 Å². The van der Waals surface area contributed by atoms with Gasteiger partial charge in [0.1, 0.15) is 6.07 Å². The second-order valence-electron chi connectivity index (χ2n) is 6.36. The monoisotopic (exact) mass is 445 g/mol. The molecule has 0 unspecified atom stereocenters. The first-order chi connectivity index (χ1) is 13.0. The summed E-state index contributed by atoms with van der Waals surface area (Å²) in [4.78, 5) is 4.15. The Hall–Kier alpha value is -2.14. The van der Waals surface area contributed by atoms with Crippen molar-refractivity contribution in [2.45, 2.75) is 11.4 Å². The molecule has 1 fully saturated rings. The Bertz CT molecular complexity index is 943. The maximum Gasteiger partial charge on any atom is 0.218 e. The van der Waals surface area contributed by atoms with Crippen molar-refractivity contribution in [3.63, 3.8) is 0 Å². The summed E-state index contributed by atoms with van der Waals surface area (Å²) in [7, 11) is -3.81. The summed E-state index contributed by atoms with van der Waals surface area (Å²) in [5, 5.41) is 9.41. The molecule has 27 heavy (non-hydrogen) atoms. The molecule has 140 valence electrons. The molecule has 0 amide bonds. The van der Waals surface area contributed by atoms with Gasteiger partial charge in [-0.1, -0.05) is 46.3 Å². The second-order valence-corrected chi connectivity index (χ2v) is 9.19. The minimum Gasteiger partial charge on any atom is -0.373 e. The standard InChI is InChI=1S/C20H20BrN3O2S/c21-18-6-8-19(9-7-18)27(25,26)20(14-22)16-24-12-10-23(11-13-24)15-17-4-2-1-3-5-17/h1-9,16H,10-13,15H2. The lowest BCUT2D eigenvalue weighted by Gasteiger charge is -2.34. The lowest BCUT2D eigenvalue weighted by molar-refractivity contribution is 0.162. The third-order valence-corrected chi connectivity index (χ3v) is 6.68. The number of benzene rings is 2. The molecule has 5 nitrogen and oxygen atoms in total. The summed E-state index contributed by atoms with van der Waals surface area (Å²) in [6.45, 7) is 3.90. The maximum atomic E-state index is 12.7. The fourth-order valence-corrected chi connectivity index (χ4v) is 4.38. The molecule has 0 radical (unpaired) electrons. The number of halogens is 1. The van der Waals surface area contributed by atoms with Crippen LogP contribution in [0.25, 0.3) is 0 Å². The average molecular weight is 446 g/mol. The number of nitriles is 1. The molecule has 2 aromatic carbocycles. The molecule has 0 spiro atoms. The van der Waals surface area contributed by atoms with E-state index in [0.29, 0.717) is 13.1 Å². The number of nitrogens with zero attached hydrogens (tertiary/aromatic N) is 3. The number of rotatable bonds is 5. The number of piperazine rings is 1. The van der Waals surface area contributed by atoms with Crippen LogP contribution in [0.1, 0.15) is 5.56 Å². The fourth-order valence-electron chi connectivity index (χ4n) is 2.96. The predicted molar refractivity (Wildman–Crippen MR) is 108 cm³/mol. The van der Waals surface area contributed by atoms with E-state index in [-0.39, 0.29) is 9.80 Å². The Balaban J connectivity index is 1.67. The van der Waals surface area contributed by atoms with E-state index in [0.717, 1.165) is 24.1 Å². The molecule has 0 saturated carbocycles. The molecular formula is C20H20BrN3O2S. The van der Waals surface area contributed by atoms with Crippen molar-refractivity contribution in [3.05, 3.63) is 75.7 Å². The van der Waals surface area contributed by atoms with Gasteiger partial charge in [-0.3, -0.25) is 4.90 Å². The quantitative estimate of drug-likeness (QED) is 0.659. The first-order valence-corrected chi connectivity index (χ1v) is 10.9. The predicted octanol–water partition coefficient (Wildman–Crippen LogP) is 3.41. The lowest BCUT2D eigenvalue weighted by atomic mass is 10.2. The van der Waals surface area contributed by atoms with Crippen molar-refractivity contribution >= 4 is 25.8 Å². The van der Waals surface area contributed by atoms with E-state index < -0.39 is 9.84 Å². The number of hydrogen-bond donors (Lipinski definition) is 0. The van der Waals surface area contributed by atoms with E-state index in [1.165, 1.54) is 23.9 Å². The minimum atomic E-state index is -3.81. The molecule has 0 aromatic heterocycles. The summed E-state index contributed by atoms with van der Waals surface area (Å²) >= 11 is 3.29. The molecule has 0 N–H and O–H groups in total. The molecule has 1 saturated heterocycles. The first kappa shape index (κ1) is 19.6. The van der Waals surface area contributed by atoms with Gasteiger partial charge in [0.2, 0.25) is 9.84 Å². The maximum absolute atomic E-state index is 12.7. The highest BCUT2D eigenvalue weighted by molar-refractivity contribution is 9.10. The van der Waals surface area contributed by atoms with Crippen molar-refractivity contribution < 1.29 is 8.42 Å². The SMILES string of the molecule is N#CC(=CN1CCN(Cc2ccccc2)CC1)S(=O)(=O)c1ccc(Br)cc1. The van der Waals surface area contributed by atoms with Gasteiger partial charge in [-0.2, -0.15) is 5.26 Å². The molecule has 1 heterocycles. The zero-order chi connectivity index (χ0) is 19.3. The van der Waals surface area contributed by atoms with Crippen LogP contribution in [0, 0.1) is 11.3 Å². The van der Waals surface area contributed by atoms with E-state index in [2.05, 4.69) is 33.0 Å². The molecule has 1 aliphatic heterocycles. The average Bonchev–Trinajstić information content (AvgIpc) is 2.68. The van der Waals surface area contributed by atoms with Crippen LogP contribution in [-0.4, -0.2) is 44.4 Å². The Morgan fingerprint density at radius 2 is 1.67 bits per heavy atom. The van der Waals surface area contributed by atoms with Crippen molar-refractivity contribution in [2.24, 2.45) is 0 Å². The molecule has 2 aromatic rings. The third-order valence-electron chi connectivity index (χ3n) is 4.48. The highest BCUT2D eigenvalue weighted by Gasteiger charge is 2.23. The van der Waals surface area contributed by atoms with Gasteiger partial charge >= 0.3 is 0 Å². The topological polar surface area (TPSA) is 64.4 Å². The zero-order valence-electron chi connectivity index (χ0n) is 14.8. The van der Waals surface area contributed by atoms with Gasteiger partial charge in [0.25, 0.3) is 0 Å². The van der Waals surface area contributed by atoms with Crippen LogP contribution in [0.15, 0.2) is 75.1 Å². The normalized spacial score (nSPS) is 16.1. The molecule has 7 heteroatoms.